The number of carbonyl (C=O) groups is 2. The fourth-order valence-electron chi connectivity index (χ4n) is 1.64. The molecule has 9 nitrogen and oxygen atoms in total. The topological polar surface area (TPSA) is 127 Å². The molecule has 1 amide bonds. The van der Waals surface area contributed by atoms with Gasteiger partial charge in [0.15, 0.2) is 5.69 Å². The van der Waals surface area contributed by atoms with Gasteiger partial charge in [-0.25, -0.2) is 14.3 Å². The van der Waals surface area contributed by atoms with E-state index in [4.69, 9.17) is 14.9 Å². The lowest BCUT2D eigenvalue weighted by Crippen LogP contribution is -2.33. The molecule has 3 N–H and O–H groups in total. The number of hydrogen-bond donors (Lipinski definition) is 3. The minimum atomic E-state index is -1.23. The number of aromatic nitrogens is 3. The second-order valence-electron chi connectivity index (χ2n) is 6.02. The lowest BCUT2D eigenvalue weighted by Gasteiger charge is -2.20. The van der Waals surface area contributed by atoms with Gasteiger partial charge in [0.05, 0.1) is 12.2 Å². The molecule has 0 radical (unpaired) electrons. The van der Waals surface area contributed by atoms with Gasteiger partial charge < -0.3 is 20.3 Å². The molecular weight excluding hydrogens is 292 g/mol. The highest BCUT2D eigenvalue weighted by Gasteiger charge is 2.22. The Kier molecular flexibility index (Phi) is 5.86. The fraction of sp³-hybridized carbons (Fsp3) is 0.692. The summed E-state index contributed by atoms with van der Waals surface area (Å²) in [5.41, 5.74) is -0.635. The molecule has 0 fully saturated rings. The highest BCUT2D eigenvalue weighted by atomic mass is 16.6. The molecule has 0 aliphatic heterocycles. The zero-order valence-corrected chi connectivity index (χ0v) is 13.2. The Morgan fingerprint density at radius 1 is 1.41 bits per heavy atom. The van der Waals surface area contributed by atoms with Crippen molar-refractivity contribution < 1.29 is 24.5 Å². The number of nitrogens with one attached hydrogen (secondary N) is 1. The van der Waals surface area contributed by atoms with E-state index < -0.39 is 17.7 Å². The third kappa shape index (κ3) is 5.32. The second-order valence-corrected chi connectivity index (χ2v) is 6.02. The van der Waals surface area contributed by atoms with Crippen LogP contribution in [0.15, 0.2) is 0 Å². The SMILES string of the molecule is CC(CO)Cn1nnc(C(=O)O)c1CNC(=O)OC(C)(C)C. The van der Waals surface area contributed by atoms with Crippen LogP contribution in [-0.2, 0) is 17.8 Å². The molecule has 1 aromatic heterocycles. The molecule has 22 heavy (non-hydrogen) atoms. The summed E-state index contributed by atoms with van der Waals surface area (Å²) in [5.74, 6) is -1.35. The Labute approximate surface area is 128 Å². The zero-order chi connectivity index (χ0) is 16.9. The Morgan fingerprint density at radius 3 is 2.55 bits per heavy atom. The van der Waals surface area contributed by atoms with Crippen LogP contribution in [0.25, 0.3) is 0 Å². The Morgan fingerprint density at radius 2 is 2.05 bits per heavy atom. The van der Waals surface area contributed by atoms with Gasteiger partial charge in [0.25, 0.3) is 0 Å². The van der Waals surface area contributed by atoms with Crippen LogP contribution in [0, 0.1) is 5.92 Å². The number of amides is 1. The number of hydrogen-bond acceptors (Lipinski definition) is 6. The molecular formula is C13H22N4O5. The summed E-state index contributed by atoms with van der Waals surface area (Å²) in [6, 6.07) is 0. The number of alkyl carbamates (subject to hydrolysis) is 1. The largest absolute Gasteiger partial charge is 0.476 e. The van der Waals surface area contributed by atoms with E-state index in [0.29, 0.717) is 6.54 Å². The van der Waals surface area contributed by atoms with E-state index in [1.54, 1.807) is 27.7 Å². The van der Waals surface area contributed by atoms with Crippen LogP contribution in [0.2, 0.25) is 0 Å². The maximum atomic E-state index is 11.7. The lowest BCUT2D eigenvalue weighted by atomic mass is 10.2. The number of ether oxygens (including phenoxy) is 1. The first-order valence-electron chi connectivity index (χ1n) is 6.87. The number of nitrogens with zero attached hydrogens (tertiary/aromatic N) is 3. The first kappa shape index (κ1) is 17.9. The van der Waals surface area contributed by atoms with E-state index in [-0.39, 0.29) is 30.5 Å². The van der Waals surface area contributed by atoms with Crippen molar-refractivity contribution in [3.63, 3.8) is 0 Å². The van der Waals surface area contributed by atoms with Gasteiger partial charge in [-0.05, 0) is 26.7 Å². The predicted molar refractivity (Wildman–Crippen MR) is 76.3 cm³/mol. The van der Waals surface area contributed by atoms with Crippen molar-refractivity contribution in [2.75, 3.05) is 6.61 Å². The third-order valence-corrected chi connectivity index (χ3v) is 2.64. The fourth-order valence-corrected chi connectivity index (χ4v) is 1.64. The highest BCUT2D eigenvalue weighted by molar-refractivity contribution is 5.86. The normalized spacial score (nSPS) is 12.8. The molecule has 1 heterocycles. The molecule has 0 aromatic carbocycles. The van der Waals surface area contributed by atoms with Crippen molar-refractivity contribution >= 4 is 12.1 Å². The first-order chi connectivity index (χ1) is 10.1. The van der Waals surface area contributed by atoms with Gasteiger partial charge in [-0.2, -0.15) is 0 Å². The van der Waals surface area contributed by atoms with E-state index in [2.05, 4.69) is 15.6 Å². The monoisotopic (exact) mass is 314 g/mol. The first-order valence-corrected chi connectivity index (χ1v) is 6.87. The molecule has 1 atom stereocenters. The summed E-state index contributed by atoms with van der Waals surface area (Å²) >= 11 is 0. The number of aliphatic hydroxyl groups is 1. The number of carboxylic acid groups (broad SMARTS) is 1. The van der Waals surface area contributed by atoms with Gasteiger partial charge in [0.2, 0.25) is 0 Å². The number of aromatic carboxylic acids is 1. The molecule has 1 unspecified atom stereocenters. The van der Waals surface area contributed by atoms with Crippen molar-refractivity contribution in [3.05, 3.63) is 11.4 Å². The van der Waals surface area contributed by atoms with Crippen LogP contribution < -0.4 is 5.32 Å². The summed E-state index contributed by atoms with van der Waals surface area (Å²) in [6.07, 6.45) is -0.660. The standard InChI is InChI=1S/C13H22N4O5/c1-8(7-18)6-17-9(10(11(19)20)15-16-17)5-14-12(21)22-13(2,3)4/h8,18H,5-7H2,1-4H3,(H,14,21)(H,19,20). The summed E-state index contributed by atoms with van der Waals surface area (Å²) in [5, 5.41) is 28.0. The van der Waals surface area contributed by atoms with Crippen LogP contribution in [0.4, 0.5) is 4.79 Å². The Hall–Kier alpha value is -2.16. The smallest absolute Gasteiger partial charge is 0.407 e. The van der Waals surface area contributed by atoms with Gasteiger partial charge in [-0.1, -0.05) is 12.1 Å². The second kappa shape index (κ2) is 7.21. The van der Waals surface area contributed by atoms with E-state index >= 15 is 0 Å². The molecule has 9 heteroatoms. The molecule has 1 aromatic rings. The van der Waals surface area contributed by atoms with Gasteiger partial charge in [-0.15, -0.1) is 5.10 Å². The minimum Gasteiger partial charge on any atom is -0.476 e. The van der Waals surface area contributed by atoms with Gasteiger partial charge in [-0.3, -0.25) is 0 Å². The van der Waals surface area contributed by atoms with Gasteiger partial charge in [0.1, 0.15) is 5.60 Å². The van der Waals surface area contributed by atoms with Crippen molar-refractivity contribution in [3.8, 4) is 0 Å². The van der Waals surface area contributed by atoms with E-state index in [0.717, 1.165) is 0 Å². The van der Waals surface area contributed by atoms with Gasteiger partial charge >= 0.3 is 12.1 Å². The number of carboxylic acids is 1. The van der Waals surface area contributed by atoms with Crippen LogP contribution >= 0.6 is 0 Å². The summed E-state index contributed by atoms with van der Waals surface area (Å²) in [7, 11) is 0. The minimum absolute atomic E-state index is 0.0683. The number of aliphatic hydroxyl groups excluding tert-OH is 1. The lowest BCUT2D eigenvalue weighted by molar-refractivity contribution is 0.0519. The van der Waals surface area contributed by atoms with E-state index in [1.165, 1.54) is 4.68 Å². The quantitative estimate of drug-likeness (QED) is 0.702. The maximum Gasteiger partial charge on any atom is 0.407 e. The summed E-state index contributed by atoms with van der Waals surface area (Å²) < 4.78 is 6.45. The van der Waals surface area contributed by atoms with Crippen molar-refractivity contribution in [1.82, 2.24) is 20.3 Å². The van der Waals surface area contributed by atoms with Crippen molar-refractivity contribution in [1.29, 1.82) is 0 Å². The highest BCUT2D eigenvalue weighted by Crippen LogP contribution is 2.10. The molecule has 0 saturated carbocycles. The van der Waals surface area contributed by atoms with Crippen LogP contribution in [-0.4, -0.2) is 49.5 Å². The molecule has 0 bridgehead atoms. The van der Waals surface area contributed by atoms with Crippen LogP contribution in [0.3, 0.4) is 0 Å². The predicted octanol–water partition coefficient (Wildman–Crippen LogP) is 0.629. The zero-order valence-electron chi connectivity index (χ0n) is 13.2. The molecule has 1 rings (SSSR count). The maximum absolute atomic E-state index is 11.7. The molecule has 0 saturated heterocycles. The van der Waals surface area contributed by atoms with Crippen molar-refractivity contribution in [2.24, 2.45) is 5.92 Å². The van der Waals surface area contributed by atoms with E-state index in [1.807, 2.05) is 0 Å². The molecule has 0 aliphatic rings. The molecule has 0 aliphatic carbocycles. The Balaban J connectivity index is 2.84. The number of rotatable bonds is 6. The van der Waals surface area contributed by atoms with Crippen LogP contribution in [0.5, 0.6) is 0 Å². The van der Waals surface area contributed by atoms with E-state index in [9.17, 15) is 9.59 Å². The van der Waals surface area contributed by atoms with Crippen LogP contribution in [0.1, 0.15) is 43.9 Å². The van der Waals surface area contributed by atoms with Crippen molar-refractivity contribution in [2.45, 2.75) is 46.4 Å². The molecule has 124 valence electrons. The number of carbonyl (C=O) groups excluding carboxylic acids is 1. The average molecular weight is 314 g/mol. The average Bonchev–Trinajstić information content (AvgIpc) is 2.77. The van der Waals surface area contributed by atoms with Gasteiger partial charge in [0, 0.05) is 13.2 Å². The summed E-state index contributed by atoms with van der Waals surface area (Å²) in [6.45, 7) is 7.11. The Bertz CT molecular complexity index is 535. The third-order valence-electron chi connectivity index (χ3n) is 2.64. The molecule has 0 spiro atoms. The summed E-state index contributed by atoms with van der Waals surface area (Å²) in [4.78, 5) is 22.8.